The Hall–Kier alpha value is -0.780. The van der Waals surface area contributed by atoms with Crippen LogP contribution >= 0.6 is 0 Å². The molecule has 0 heterocycles. The molecule has 0 heteroatoms. The van der Waals surface area contributed by atoms with Gasteiger partial charge in [-0.3, -0.25) is 0 Å². The van der Waals surface area contributed by atoms with Crippen LogP contribution < -0.4 is 0 Å². The lowest BCUT2D eigenvalue weighted by atomic mass is 9.82. The minimum atomic E-state index is 0.268. The quantitative estimate of drug-likeness (QED) is 0.559. The van der Waals surface area contributed by atoms with E-state index in [-0.39, 0.29) is 5.41 Å². The van der Waals surface area contributed by atoms with Gasteiger partial charge < -0.3 is 0 Å². The normalized spacial score (nSPS) is 14.6. The average Bonchev–Trinajstić information content (AvgIpc) is 2.09. The third kappa shape index (κ3) is 5.01. The van der Waals surface area contributed by atoms with Gasteiger partial charge in [0.05, 0.1) is 0 Å². The molecule has 15 heavy (non-hydrogen) atoms. The van der Waals surface area contributed by atoms with Crippen molar-refractivity contribution in [2.24, 2.45) is 11.3 Å². The summed E-state index contributed by atoms with van der Waals surface area (Å²) in [5, 5.41) is 0. The van der Waals surface area contributed by atoms with E-state index in [1.54, 1.807) is 0 Å². The average molecular weight is 206 g/mol. The van der Waals surface area contributed by atoms with Crippen molar-refractivity contribution in [1.82, 2.24) is 0 Å². The van der Waals surface area contributed by atoms with E-state index in [2.05, 4.69) is 60.3 Å². The molecule has 0 rings (SSSR count). The molecule has 86 valence electrons. The van der Waals surface area contributed by atoms with E-state index >= 15 is 0 Å². The summed E-state index contributed by atoms with van der Waals surface area (Å²) in [6.07, 6.45) is 7.45. The Morgan fingerprint density at radius 3 is 2.07 bits per heavy atom. The molecule has 0 aliphatic heterocycles. The van der Waals surface area contributed by atoms with Gasteiger partial charge in [0, 0.05) is 0 Å². The summed E-state index contributed by atoms with van der Waals surface area (Å²) in [6, 6.07) is 0. The standard InChI is InChI=1S/C15H26/c1-8-10-13(12(3)4)11-14(9-2)15(5,6)7/h8,10-12H,1,9H2,2-7H3/b13-10+,14-11+. The van der Waals surface area contributed by atoms with Crippen LogP contribution in [0.2, 0.25) is 0 Å². The summed E-state index contributed by atoms with van der Waals surface area (Å²) in [4.78, 5) is 0. The van der Waals surface area contributed by atoms with Gasteiger partial charge in [0.15, 0.2) is 0 Å². The largest absolute Gasteiger partial charge is 0.0991 e. The van der Waals surface area contributed by atoms with Crippen LogP contribution in [0.25, 0.3) is 0 Å². The van der Waals surface area contributed by atoms with E-state index in [1.807, 2.05) is 6.08 Å². The Morgan fingerprint density at radius 1 is 1.27 bits per heavy atom. The predicted octanol–water partition coefficient (Wildman–Crippen LogP) is 5.14. The van der Waals surface area contributed by atoms with Crippen molar-refractivity contribution in [3.8, 4) is 0 Å². The van der Waals surface area contributed by atoms with E-state index in [4.69, 9.17) is 0 Å². The Balaban J connectivity index is 5.11. The molecule has 0 bridgehead atoms. The van der Waals surface area contributed by atoms with E-state index < -0.39 is 0 Å². The van der Waals surface area contributed by atoms with Gasteiger partial charge in [-0.2, -0.15) is 0 Å². The second kappa shape index (κ2) is 5.95. The molecule has 0 aliphatic carbocycles. The highest BCUT2D eigenvalue weighted by Crippen LogP contribution is 2.30. The number of hydrogen-bond acceptors (Lipinski definition) is 0. The van der Waals surface area contributed by atoms with Gasteiger partial charge >= 0.3 is 0 Å². The fraction of sp³-hybridized carbons (Fsp3) is 0.600. The Labute approximate surface area is 95.8 Å². The summed E-state index contributed by atoms with van der Waals surface area (Å²) in [7, 11) is 0. The van der Waals surface area contributed by atoms with E-state index in [9.17, 15) is 0 Å². The zero-order valence-corrected chi connectivity index (χ0v) is 11.2. The van der Waals surface area contributed by atoms with E-state index in [0.717, 1.165) is 6.42 Å². The van der Waals surface area contributed by atoms with Gasteiger partial charge in [0.1, 0.15) is 0 Å². The molecule has 0 spiro atoms. The molecular formula is C15H26. The van der Waals surface area contributed by atoms with Crippen LogP contribution in [0.1, 0.15) is 48.0 Å². The second-order valence-electron chi connectivity index (χ2n) is 5.33. The molecule has 0 fully saturated rings. The monoisotopic (exact) mass is 206 g/mol. The molecule has 0 aromatic carbocycles. The van der Waals surface area contributed by atoms with Crippen molar-refractivity contribution in [1.29, 1.82) is 0 Å². The van der Waals surface area contributed by atoms with Crippen LogP contribution in [0.4, 0.5) is 0 Å². The fourth-order valence-corrected chi connectivity index (χ4v) is 1.59. The van der Waals surface area contributed by atoms with E-state index in [0.29, 0.717) is 5.92 Å². The lowest BCUT2D eigenvalue weighted by Gasteiger charge is -2.23. The predicted molar refractivity (Wildman–Crippen MR) is 70.9 cm³/mol. The summed E-state index contributed by atoms with van der Waals surface area (Å²) in [6.45, 7) is 17.3. The van der Waals surface area contributed by atoms with Gasteiger partial charge in [0.2, 0.25) is 0 Å². The summed E-state index contributed by atoms with van der Waals surface area (Å²) < 4.78 is 0. The lowest BCUT2D eigenvalue weighted by molar-refractivity contribution is 0.487. The maximum absolute atomic E-state index is 3.77. The van der Waals surface area contributed by atoms with Crippen molar-refractivity contribution >= 4 is 0 Å². The highest BCUT2D eigenvalue weighted by atomic mass is 14.2. The molecule has 0 N–H and O–H groups in total. The highest BCUT2D eigenvalue weighted by molar-refractivity contribution is 5.30. The fourth-order valence-electron chi connectivity index (χ4n) is 1.59. The molecule has 0 nitrogen and oxygen atoms in total. The molecule has 0 amide bonds. The maximum atomic E-state index is 3.77. The molecule has 0 saturated carbocycles. The molecule has 0 radical (unpaired) electrons. The summed E-state index contributed by atoms with van der Waals surface area (Å²) >= 11 is 0. The van der Waals surface area contributed by atoms with Gasteiger partial charge in [-0.05, 0) is 23.3 Å². The highest BCUT2D eigenvalue weighted by Gasteiger charge is 2.15. The molecule has 0 unspecified atom stereocenters. The number of rotatable bonds is 4. The maximum Gasteiger partial charge on any atom is -0.0170 e. The van der Waals surface area contributed by atoms with Crippen molar-refractivity contribution in [2.45, 2.75) is 48.0 Å². The van der Waals surface area contributed by atoms with Crippen molar-refractivity contribution in [3.63, 3.8) is 0 Å². The molecule has 0 atom stereocenters. The molecule has 0 aromatic rings. The van der Waals surface area contributed by atoms with Crippen LogP contribution in [0.15, 0.2) is 36.0 Å². The molecule has 0 aromatic heterocycles. The molecule has 0 aliphatic rings. The number of hydrogen-bond donors (Lipinski definition) is 0. The second-order valence-corrected chi connectivity index (χ2v) is 5.33. The first-order chi connectivity index (χ1) is 6.82. The first-order valence-corrected chi connectivity index (χ1v) is 5.86. The van der Waals surface area contributed by atoms with E-state index in [1.165, 1.54) is 11.1 Å². The lowest BCUT2D eigenvalue weighted by Crippen LogP contribution is -2.09. The first-order valence-electron chi connectivity index (χ1n) is 5.86. The van der Waals surface area contributed by atoms with Crippen molar-refractivity contribution in [3.05, 3.63) is 36.0 Å². The van der Waals surface area contributed by atoms with Crippen molar-refractivity contribution in [2.75, 3.05) is 0 Å². The van der Waals surface area contributed by atoms with Gasteiger partial charge in [0.25, 0.3) is 0 Å². The van der Waals surface area contributed by atoms with Crippen LogP contribution in [0.5, 0.6) is 0 Å². The number of allylic oxidation sites excluding steroid dienone is 5. The zero-order chi connectivity index (χ0) is 12.1. The zero-order valence-electron chi connectivity index (χ0n) is 11.2. The minimum Gasteiger partial charge on any atom is -0.0991 e. The third-order valence-corrected chi connectivity index (χ3v) is 2.66. The smallest absolute Gasteiger partial charge is 0.0170 e. The Bertz CT molecular complexity index is 256. The minimum absolute atomic E-state index is 0.268. The van der Waals surface area contributed by atoms with Crippen LogP contribution in [0.3, 0.4) is 0 Å². The van der Waals surface area contributed by atoms with Gasteiger partial charge in [-0.15, -0.1) is 0 Å². The van der Waals surface area contributed by atoms with Crippen LogP contribution in [-0.2, 0) is 0 Å². The van der Waals surface area contributed by atoms with Crippen LogP contribution in [-0.4, -0.2) is 0 Å². The molecular weight excluding hydrogens is 180 g/mol. The Kier molecular flexibility index (Phi) is 5.64. The van der Waals surface area contributed by atoms with Crippen molar-refractivity contribution < 1.29 is 0 Å². The van der Waals surface area contributed by atoms with Crippen LogP contribution in [0, 0.1) is 11.3 Å². The summed E-state index contributed by atoms with van der Waals surface area (Å²) in [5.41, 5.74) is 3.14. The van der Waals surface area contributed by atoms with Gasteiger partial charge in [-0.25, -0.2) is 0 Å². The van der Waals surface area contributed by atoms with Gasteiger partial charge in [-0.1, -0.05) is 71.9 Å². The third-order valence-electron chi connectivity index (χ3n) is 2.66. The first kappa shape index (κ1) is 14.2. The SMILES string of the molecule is C=C/C=C(\C=C(/CC)C(C)(C)C)C(C)C. The Morgan fingerprint density at radius 2 is 1.80 bits per heavy atom. The molecule has 0 saturated heterocycles. The topological polar surface area (TPSA) is 0 Å². The summed E-state index contributed by atoms with van der Waals surface area (Å²) in [5.74, 6) is 0.562.